The molecule has 166 valence electrons. The molecule has 2 heterocycles. The zero-order valence-corrected chi connectivity index (χ0v) is 18.4. The first kappa shape index (κ1) is 23.7. The summed E-state index contributed by atoms with van der Waals surface area (Å²) in [5, 5.41) is 8.31. The third-order valence-corrected chi connectivity index (χ3v) is 4.50. The van der Waals surface area contributed by atoms with Gasteiger partial charge in [0.2, 0.25) is 0 Å². The van der Waals surface area contributed by atoms with Crippen LogP contribution in [-0.2, 0) is 48.2 Å². The maximum Gasteiger partial charge on any atom is 0.303 e. The topological polar surface area (TPSA) is 145 Å². The van der Waals surface area contributed by atoms with Gasteiger partial charge in [-0.25, -0.2) is 4.68 Å². The molecule has 0 N–H and O–H groups in total. The van der Waals surface area contributed by atoms with E-state index in [1.54, 1.807) is 0 Å². The van der Waals surface area contributed by atoms with Crippen molar-refractivity contribution in [3.8, 4) is 0 Å². The fourth-order valence-corrected chi connectivity index (χ4v) is 3.17. The fourth-order valence-electron chi connectivity index (χ4n) is 2.92. The number of esters is 4. The summed E-state index contributed by atoms with van der Waals surface area (Å²) in [7, 11) is 0. The van der Waals surface area contributed by atoms with E-state index in [0.717, 1.165) is 13.8 Å². The van der Waals surface area contributed by atoms with E-state index >= 15 is 0 Å². The van der Waals surface area contributed by atoms with Crippen LogP contribution in [0, 0.1) is 0 Å². The number of carbonyl (C=O) groups excluding carboxylic acids is 4. The highest BCUT2D eigenvalue weighted by Crippen LogP contribution is 2.34. The summed E-state index contributed by atoms with van der Waals surface area (Å²) in [6, 6.07) is 0. The molecule has 0 saturated carbocycles. The summed E-state index contributed by atoms with van der Waals surface area (Å²) in [4.78, 5) is 46.5. The molecule has 0 aromatic carbocycles. The second-order valence-electron chi connectivity index (χ2n) is 6.41. The molecule has 2 unspecified atom stereocenters. The number of rotatable bonds is 7. The molecule has 2 rings (SSSR count). The molecular formula is C17H22BrN3O9. The largest absolute Gasteiger partial charge is 0.463 e. The van der Waals surface area contributed by atoms with E-state index in [1.165, 1.54) is 24.7 Å². The van der Waals surface area contributed by atoms with Gasteiger partial charge in [-0.15, -0.1) is 5.10 Å². The number of carbonyl (C=O) groups is 4. The van der Waals surface area contributed by atoms with Crippen molar-refractivity contribution in [3.63, 3.8) is 0 Å². The first-order valence-electron chi connectivity index (χ1n) is 8.89. The molecule has 12 nitrogen and oxygen atoms in total. The SMILES string of the molecule is CC(=O)OCC1OC(n2cc(CBr)nn2)[C@H](OC(C)=O)[C@H](OC(C)=O)[C@@H]1OC(C)=O. The lowest BCUT2D eigenvalue weighted by Gasteiger charge is -2.44. The third kappa shape index (κ3) is 6.23. The number of nitrogens with zero attached hydrogens (tertiary/aromatic N) is 3. The van der Waals surface area contributed by atoms with Crippen LogP contribution in [0.2, 0.25) is 0 Å². The molecule has 0 radical (unpaired) electrons. The molecule has 1 aliphatic heterocycles. The Labute approximate surface area is 180 Å². The van der Waals surface area contributed by atoms with Crippen molar-refractivity contribution < 1.29 is 42.9 Å². The summed E-state index contributed by atoms with van der Waals surface area (Å²) < 4.78 is 28.3. The van der Waals surface area contributed by atoms with E-state index in [2.05, 4.69) is 26.2 Å². The van der Waals surface area contributed by atoms with Gasteiger partial charge in [-0.05, 0) is 0 Å². The van der Waals surface area contributed by atoms with Gasteiger partial charge >= 0.3 is 23.9 Å². The fraction of sp³-hybridized carbons (Fsp3) is 0.647. The molecule has 1 aromatic rings. The minimum atomic E-state index is -1.26. The van der Waals surface area contributed by atoms with Gasteiger partial charge in [0.25, 0.3) is 0 Å². The predicted octanol–water partition coefficient (Wildman–Crippen LogP) is 0.429. The Hall–Kier alpha value is -2.54. The van der Waals surface area contributed by atoms with Crippen molar-refractivity contribution >= 4 is 39.8 Å². The van der Waals surface area contributed by atoms with Crippen molar-refractivity contribution in [1.82, 2.24) is 15.0 Å². The summed E-state index contributed by atoms with van der Waals surface area (Å²) in [5.74, 6) is -2.69. The van der Waals surface area contributed by atoms with E-state index in [-0.39, 0.29) is 6.61 Å². The number of aromatic nitrogens is 3. The first-order valence-corrected chi connectivity index (χ1v) is 10.0. The molecule has 5 atom stereocenters. The van der Waals surface area contributed by atoms with Gasteiger partial charge in [-0.3, -0.25) is 19.2 Å². The van der Waals surface area contributed by atoms with Gasteiger partial charge in [0.1, 0.15) is 12.7 Å². The Morgan fingerprint density at radius 3 is 2.03 bits per heavy atom. The monoisotopic (exact) mass is 491 g/mol. The lowest BCUT2D eigenvalue weighted by molar-refractivity contribution is -0.270. The number of halogens is 1. The minimum absolute atomic E-state index is 0.311. The first-order chi connectivity index (χ1) is 14.1. The number of alkyl halides is 1. The molecule has 13 heteroatoms. The Morgan fingerprint density at radius 1 is 0.967 bits per heavy atom. The Bertz CT molecular complexity index is 799. The van der Waals surface area contributed by atoms with E-state index in [4.69, 9.17) is 23.7 Å². The van der Waals surface area contributed by atoms with E-state index in [0.29, 0.717) is 11.0 Å². The quantitative estimate of drug-likeness (QED) is 0.297. The second-order valence-corrected chi connectivity index (χ2v) is 6.97. The van der Waals surface area contributed by atoms with Crippen LogP contribution in [0.3, 0.4) is 0 Å². The van der Waals surface area contributed by atoms with Crippen LogP contribution in [0.4, 0.5) is 0 Å². The van der Waals surface area contributed by atoms with Crippen LogP contribution in [0.25, 0.3) is 0 Å². The van der Waals surface area contributed by atoms with Gasteiger partial charge in [0.15, 0.2) is 24.5 Å². The van der Waals surface area contributed by atoms with Gasteiger partial charge in [0, 0.05) is 33.0 Å². The Kier molecular flexibility index (Phi) is 8.29. The van der Waals surface area contributed by atoms with Crippen LogP contribution >= 0.6 is 15.9 Å². The van der Waals surface area contributed by atoms with Gasteiger partial charge in [0.05, 0.1) is 11.9 Å². The number of hydrogen-bond acceptors (Lipinski definition) is 11. The van der Waals surface area contributed by atoms with Crippen molar-refractivity contribution in [1.29, 1.82) is 0 Å². The zero-order chi connectivity index (χ0) is 22.4. The van der Waals surface area contributed by atoms with Crippen LogP contribution in [0.1, 0.15) is 39.6 Å². The molecule has 30 heavy (non-hydrogen) atoms. The highest BCUT2D eigenvalue weighted by atomic mass is 79.9. The molecule has 1 aromatic heterocycles. The van der Waals surface area contributed by atoms with Crippen LogP contribution in [0.15, 0.2) is 6.20 Å². The van der Waals surface area contributed by atoms with Crippen LogP contribution in [-0.4, -0.2) is 69.9 Å². The second kappa shape index (κ2) is 10.5. The Morgan fingerprint density at radius 2 is 1.53 bits per heavy atom. The number of ether oxygens (including phenoxy) is 5. The summed E-state index contributed by atoms with van der Waals surface area (Å²) >= 11 is 3.26. The smallest absolute Gasteiger partial charge is 0.303 e. The summed E-state index contributed by atoms with van der Waals surface area (Å²) in [5.41, 5.74) is 0.558. The molecular weight excluding hydrogens is 470 g/mol. The summed E-state index contributed by atoms with van der Waals surface area (Å²) in [6.45, 7) is 4.36. The minimum Gasteiger partial charge on any atom is -0.463 e. The maximum atomic E-state index is 11.8. The van der Waals surface area contributed by atoms with E-state index < -0.39 is 54.5 Å². The average Bonchev–Trinajstić information content (AvgIpc) is 3.11. The average molecular weight is 492 g/mol. The zero-order valence-electron chi connectivity index (χ0n) is 16.8. The molecule has 1 saturated heterocycles. The molecule has 0 spiro atoms. The third-order valence-electron chi connectivity index (χ3n) is 3.92. The maximum absolute atomic E-state index is 11.8. The molecule has 0 aliphatic carbocycles. The van der Waals surface area contributed by atoms with Crippen molar-refractivity contribution in [3.05, 3.63) is 11.9 Å². The Balaban J connectivity index is 2.50. The highest BCUT2D eigenvalue weighted by molar-refractivity contribution is 9.08. The van der Waals surface area contributed by atoms with Crippen LogP contribution in [0.5, 0.6) is 0 Å². The summed E-state index contributed by atoms with van der Waals surface area (Å²) in [6.07, 6.45) is -4.32. The standard InChI is InChI=1S/C17H22BrN3O9/c1-8(22)26-7-13-14(27-9(2)23)15(28-10(3)24)16(29-11(4)25)17(30-13)21-6-12(5-18)19-20-21/h6,13-17H,5,7H2,1-4H3/t13?,14-,15-,16-,17?/m1/s1. The lowest BCUT2D eigenvalue weighted by Crippen LogP contribution is -2.60. The highest BCUT2D eigenvalue weighted by Gasteiger charge is 2.53. The van der Waals surface area contributed by atoms with E-state index in [9.17, 15) is 19.2 Å². The van der Waals surface area contributed by atoms with Gasteiger partial charge in [-0.1, -0.05) is 21.1 Å². The van der Waals surface area contributed by atoms with Gasteiger partial charge < -0.3 is 23.7 Å². The number of hydrogen-bond donors (Lipinski definition) is 0. The molecule has 1 fully saturated rings. The van der Waals surface area contributed by atoms with E-state index in [1.807, 2.05) is 0 Å². The molecule has 0 amide bonds. The van der Waals surface area contributed by atoms with Crippen molar-refractivity contribution in [2.24, 2.45) is 0 Å². The normalized spacial score (nSPS) is 25.8. The molecule has 1 aliphatic rings. The molecule has 0 bridgehead atoms. The lowest BCUT2D eigenvalue weighted by atomic mass is 9.97. The van der Waals surface area contributed by atoms with Crippen molar-refractivity contribution in [2.45, 2.75) is 63.7 Å². The van der Waals surface area contributed by atoms with Gasteiger partial charge in [-0.2, -0.15) is 0 Å². The van der Waals surface area contributed by atoms with Crippen LogP contribution < -0.4 is 0 Å². The predicted molar refractivity (Wildman–Crippen MR) is 99.9 cm³/mol. The van der Waals surface area contributed by atoms with Crippen molar-refractivity contribution in [2.75, 3.05) is 6.61 Å².